The highest BCUT2D eigenvalue weighted by molar-refractivity contribution is 8.00. The first-order valence-corrected chi connectivity index (χ1v) is 8.48. The fraction of sp³-hybridized carbons (Fsp3) is 0.769. The van der Waals surface area contributed by atoms with Crippen LogP contribution in [0.15, 0.2) is 4.34 Å². The van der Waals surface area contributed by atoms with Gasteiger partial charge < -0.3 is 4.74 Å². The summed E-state index contributed by atoms with van der Waals surface area (Å²) in [6, 6.07) is 0.220. The van der Waals surface area contributed by atoms with E-state index >= 15 is 0 Å². The molecular formula is C13H23N3O2S2. The van der Waals surface area contributed by atoms with Gasteiger partial charge in [0.1, 0.15) is 11.4 Å². The monoisotopic (exact) mass is 317 g/mol. The van der Waals surface area contributed by atoms with Crippen LogP contribution in [0, 0.1) is 0 Å². The van der Waals surface area contributed by atoms with E-state index in [-0.39, 0.29) is 12.0 Å². The van der Waals surface area contributed by atoms with Crippen molar-refractivity contribution in [3.63, 3.8) is 0 Å². The van der Waals surface area contributed by atoms with Crippen LogP contribution in [0.5, 0.6) is 0 Å². The summed E-state index contributed by atoms with van der Waals surface area (Å²) in [5.41, 5.74) is -0.659. The van der Waals surface area contributed by atoms with E-state index in [1.54, 1.807) is 11.8 Å². The SMILES string of the molecule is CCc1nsc(SCCC(C)(NC(C)C)C(=O)OC)n1. The Labute approximate surface area is 129 Å². The molecule has 7 heteroatoms. The van der Waals surface area contributed by atoms with E-state index in [1.165, 1.54) is 18.6 Å². The Morgan fingerprint density at radius 3 is 2.75 bits per heavy atom. The first-order valence-electron chi connectivity index (χ1n) is 6.72. The van der Waals surface area contributed by atoms with Gasteiger partial charge in [-0.2, -0.15) is 4.37 Å². The number of nitrogens with zero attached hydrogens (tertiary/aromatic N) is 2. The Balaban J connectivity index is 2.55. The third-order valence-electron chi connectivity index (χ3n) is 2.84. The highest BCUT2D eigenvalue weighted by Crippen LogP contribution is 2.24. The minimum absolute atomic E-state index is 0.220. The van der Waals surface area contributed by atoms with Crippen LogP contribution >= 0.6 is 23.3 Å². The van der Waals surface area contributed by atoms with Crippen molar-refractivity contribution in [3.8, 4) is 0 Å². The van der Waals surface area contributed by atoms with Gasteiger partial charge >= 0.3 is 5.97 Å². The van der Waals surface area contributed by atoms with Crippen LogP contribution in [-0.2, 0) is 16.0 Å². The molecule has 1 atom stereocenters. The van der Waals surface area contributed by atoms with E-state index < -0.39 is 5.54 Å². The summed E-state index contributed by atoms with van der Waals surface area (Å²) >= 11 is 3.05. The number of rotatable bonds is 8. The van der Waals surface area contributed by atoms with Crippen molar-refractivity contribution in [2.75, 3.05) is 12.9 Å². The molecule has 0 bridgehead atoms. The predicted octanol–water partition coefficient (Wildman–Crippen LogP) is 2.51. The summed E-state index contributed by atoms with van der Waals surface area (Å²) in [6.07, 6.45) is 1.54. The summed E-state index contributed by atoms with van der Waals surface area (Å²) in [6.45, 7) is 7.97. The Morgan fingerprint density at radius 1 is 1.55 bits per heavy atom. The maximum Gasteiger partial charge on any atom is 0.325 e. The summed E-state index contributed by atoms with van der Waals surface area (Å²) in [7, 11) is 1.42. The van der Waals surface area contributed by atoms with Crippen molar-refractivity contribution in [2.45, 2.75) is 56.5 Å². The summed E-state index contributed by atoms with van der Waals surface area (Å²) in [5.74, 6) is 1.45. The molecule has 114 valence electrons. The van der Waals surface area contributed by atoms with Gasteiger partial charge in [0.2, 0.25) is 0 Å². The molecule has 0 aliphatic carbocycles. The third kappa shape index (κ3) is 5.03. The lowest BCUT2D eigenvalue weighted by molar-refractivity contribution is -0.148. The molecule has 0 spiro atoms. The van der Waals surface area contributed by atoms with E-state index in [0.717, 1.165) is 22.3 Å². The van der Waals surface area contributed by atoms with Crippen molar-refractivity contribution in [2.24, 2.45) is 0 Å². The van der Waals surface area contributed by atoms with Crippen LogP contribution in [0.1, 0.15) is 39.9 Å². The fourth-order valence-electron chi connectivity index (χ4n) is 1.88. The quantitative estimate of drug-likeness (QED) is 0.587. The van der Waals surface area contributed by atoms with E-state index in [9.17, 15) is 4.79 Å². The molecule has 0 saturated carbocycles. The highest BCUT2D eigenvalue weighted by Gasteiger charge is 2.34. The van der Waals surface area contributed by atoms with Crippen LogP contribution in [0.25, 0.3) is 0 Å². The second-order valence-corrected chi connectivity index (χ2v) is 7.15. The minimum Gasteiger partial charge on any atom is -0.468 e. The Bertz CT molecular complexity index is 437. The average molecular weight is 317 g/mol. The molecule has 1 unspecified atom stereocenters. The Kier molecular flexibility index (Phi) is 6.91. The smallest absolute Gasteiger partial charge is 0.325 e. The number of aromatic nitrogens is 2. The molecule has 20 heavy (non-hydrogen) atoms. The fourth-order valence-corrected chi connectivity index (χ4v) is 3.81. The second kappa shape index (κ2) is 7.95. The van der Waals surface area contributed by atoms with Gasteiger partial charge in [0.15, 0.2) is 4.34 Å². The molecular weight excluding hydrogens is 294 g/mol. The van der Waals surface area contributed by atoms with Gasteiger partial charge in [0, 0.05) is 18.2 Å². The molecule has 1 rings (SSSR count). The van der Waals surface area contributed by atoms with Crippen molar-refractivity contribution in [1.29, 1.82) is 0 Å². The van der Waals surface area contributed by atoms with Crippen molar-refractivity contribution < 1.29 is 9.53 Å². The summed E-state index contributed by atoms with van der Waals surface area (Å²) in [5, 5.41) is 3.29. The molecule has 1 N–H and O–H groups in total. The number of ether oxygens (including phenoxy) is 1. The number of carbonyl (C=O) groups excluding carboxylic acids is 1. The lowest BCUT2D eigenvalue weighted by atomic mass is 9.98. The van der Waals surface area contributed by atoms with Crippen LogP contribution in [0.2, 0.25) is 0 Å². The Morgan fingerprint density at radius 2 is 2.25 bits per heavy atom. The zero-order chi connectivity index (χ0) is 15.2. The van der Waals surface area contributed by atoms with Gasteiger partial charge in [-0.15, -0.1) is 0 Å². The zero-order valence-corrected chi connectivity index (χ0v) is 14.4. The molecule has 5 nitrogen and oxygen atoms in total. The van der Waals surface area contributed by atoms with Crippen LogP contribution in [0.4, 0.5) is 0 Å². The summed E-state index contributed by atoms with van der Waals surface area (Å²) in [4.78, 5) is 16.4. The first-order chi connectivity index (χ1) is 9.41. The van der Waals surface area contributed by atoms with Crippen molar-refractivity contribution in [3.05, 3.63) is 5.82 Å². The van der Waals surface area contributed by atoms with Crippen molar-refractivity contribution in [1.82, 2.24) is 14.7 Å². The number of esters is 1. The predicted molar refractivity (Wildman–Crippen MR) is 83.3 cm³/mol. The minimum atomic E-state index is -0.659. The molecule has 0 radical (unpaired) electrons. The van der Waals surface area contributed by atoms with E-state index in [1.807, 2.05) is 27.7 Å². The van der Waals surface area contributed by atoms with Gasteiger partial charge in [-0.3, -0.25) is 10.1 Å². The molecule has 0 aliphatic heterocycles. The number of nitrogens with one attached hydrogen (secondary N) is 1. The molecule has 0 aliphatic rings. The molecule has 1 aromatic heterocycles. The van der Waals surface area contributed by atoms with E-state index in [2.05, 4.69) is 14.7 Å². The lowest BCUT2D eigenvalue weighted by Gasteiger charge is -2.29. The molecule has 0 amide bonds. The maximum absolute atomic E-state index is 11.9. The zero-order valence-electron chi connectivity index (χ0n) is 12.7. The standard InChI is InChI=1S/C13H23N3O2S2/c1-6-10-14-12(20-16-10)19-8-7-13(4,11(17)18-5)15-9(2)3/h9,15H,6-8H2,1-5H3. The van der Waals surface area contributed by atoms with Crippen LogP contribution in [-0.4, -0.2) is 39.8 Å². The number of aryl methyl sites for hydroxylation is 1. The van der Waals surface area contributed by atoms with Gasteiger partial charge in [0.05, 0.1) is 7.11 Å². The number of hydrogen-bond donors (Lipinski definition) is 1. The van der Waals surface area contributed by atoms with E-state index in [0.29, 0.717) is 6.42 Å². The molecule has 1 aromatic rings. The number of hydrogen-bond acceptors (Lipinski definition) is 7. The molecule has 1 heterocycles. The van der Waals surface area contributed by atoms with Gasteiger partial charge in [-0.25, -0.2) is 4.98 Å². The van der Waals surface area contributed by atoms with Crippen molar-refractivity contribution >= 4 is 29.3 Å². The first kappa shape index (κ1) is 17.4. The van der Waals surface area contributed by atoms with Crippen LogP contribution < -0.4 is 5.32 Å². The number of thioether (sulfide) groups is 1. The maximum atomic E-state index is 11.9. The lowest BCUT2D eigenvalue weighted by Crippen LogP contribution is -2.53. The van der Waals surface area contributed by atoms with Gasteiger partial charge in [0.25, 0.3) is 0 Å². The molecule has 0 saturated heterocycles. The number of carbonyl (C=O) groups is 1. The topological polar surface area (TPSA) is 64.1 Å². The summed E-state index contributed by atoms with van der Waals surface area (Å²) < 4.78 is 10.1. The normalized spacial score (nSPS) is 14.3. The van der Waals surface area contributed by atoms with Crippen LogP contribution in [0.3, 0.4) is 0 Å². The third-order valence-corrected chi connectivity index (χ3v) is 4.71. The second-order valence-electron chi connectivity index (χ2n) is 5.05. The van der Waals surface area contributed by atoms with E-state index in [4.69, 9.17) is 4.74 Å². The highest BCUT2D eigenvalue weighted by atomic mass is 32.2. The average Bonchev–Trinajstić information content (AvgIpc) is 2.84. The number of methoxy groups -OCH3 is 1. The van der Waals surface area contributed by atoms with Gasteiger partial charge in [-0.1, -0.05) is 18.7 Å². The largest absolute Gasteiger partial charge is 0.468 e. The molecule has 0 fully saturated rings. The Hall–Kier alpha value is -0.660. The van der Waals surface area contributed by atoms with Gasteiger partial charge in [-0.05, 0) is 38.7 Å². The molecule has 0 aromatic carbocycles.